The van der Waals surface area contributed by atoms with E-state index in [9.17, 15) is 22.4 Å². The summed E-state index contributed by atoms with van der Waals surface area (Å²) in [6.07, 6.45) is 1.02. The Morgan fingerprint density at radius 2 is 1.52 bits per heavy atom. The predicted molar refractivity (Wildman–Crippen MR) is 154 cm³/mol. The number of ether oxygens (including phenoxy) is 1. The van der Waals surface area contributed by atoms with Gasteiger partial charge in [0.1, 0.15) is 30.8 Å². The molecule has 1 N–H and O–H groups in total. The van der Waals surface area contributed by atoms with Crippen LogP contribution in [0.3, 0.4) is 0 Å². The van der Waals surface area contributed by atoms with Gasteiger partial charge in [-0.05, 0) is 60.4 Å². The Hall–Kier alpha value is -3.92. The van der Waals surface area contributed by atoms with Gasteiger partial charge in [-0.15, -0.1) is 0 Å². The molecular formula is C30H36FN3O5S. The molecule has 214 valence electrons. The third-order valence-electron chi connectivity index (χ3n) is 6.17. The molecule has 10 heteroatoms. The van der Waals surface area contributed by atoms with Gasteiger partial charge in [0.15, 0.2) is 0 Å². The van der Waals surface area contributed by atoms with Crippen molar-refractivity contribution in [2.24, 2.45) is 5.92 Å². The number of hydrogen-bond donors (Lipinski definition) is 1. The van der Waals surface area contributed by atoms with Crippen molar-refractivity contribution < 1.29 is 27.1 Å². The second kappa shape index (κ2) is 13.9. The van der Waals surface area contributed by atoms with E-state index in [1.165, 1.54) is 29.2 Å². The van der Waals surface area contributed by atoms with E-state index >= 15 is 0 Å². The van der Waals surface area contributed by atoms with Gasteiger partial charge in [0.2, 0.25) is 21.8 Å². The van der Waals surface area contributed by atoms with Crippen molar-refractivity contribution in [3.05, 3.63) is 95.8 Å². The minimum Gasteiger partial charge on any atom is -0.489 e. The van der Waals surface area contributed by atoms with Crippen molar-refractivity contribution >= 4 is 27.5 Å². The summed E-state index contributed by atoms with van der Waals surface area (Å²) in [6.45, 7) is 5.74. The van der Waals surface area contributed by atoms with Crippen molar-refractivity contribution in [2.45, 2.75) is 40.0 Å². The van der Waals surface area contributed by atoms with Crippen LogP contribution in [0.4, 0.5) is 10.1 Å². The number of nitrogens with zero attached hydrogens (tertiary/aromatic N) is 2. The third-order valence-corrected chi connectivity index (χ3v) is 7.31. The van der Waals surface area contributed by atoms with Gasteiger partial charge < -0.3 is 15.0 Å². The molecule has 0 aliphatic heterocycles. The molecule has 2 amide bonds. The average molecular weight is 570 g/mol. The molecule has 1 unspecified atom stereocenters. The monoisotopic (exact) mass is 569 g/mol. The number of anilines is 1. The smallest absolute Gasteiger partial charge is 0.244 e. The summed E-state index contributed by atoms with van der Waals surface area (Å²) in [5.74, 6) is -0.622. The third kappa shape index (κ3) is 9.08. The van der Waals surface area contributed by atoms with Crippen molar-refractivity contribution in [1.82, 2.24) is 10.2 Å². The lowest BCUT2D eigenvalue weighted by Gasteiger charge is -2.31. The maximum Gasteiger partial charge on any atom is 0.244 e. The Morgan fingerprint density at radius 3 is 2.10 bits per heavy atom. The zero-order valence-corrected chi connectivity index (χ0v) is 24.0. The maximum absolute atomic E-state index is 13.6. The second-order valence-corrected chi connectivity index (χ2v) is 11.9. The minimum atomic E-state index is -3.87. The number of hydrogen-bond acceptors (Lipinski definition) is 5. The molecule has 3 aromatic carbocycles. The number of rotatable bonds is 13. The van der Waals surface area contributed by atoms with Gasteiger partial charge in [-0.2, -0.15) is 0 Å². The Morgan fingerprint density at radius 1 is 0.900 bits per heavy atom. The van der Waals surface area contributed by atoms with Crippen LogP contribution in [-0.4, -0.2) is 50.5 Å². The summed E-state index contributed by atoms with van der Waals surface area (Å²) < 4.78 is 45.8. The molecule has 1 atom stereocenters. The molecule has 0 aromatic heterocycles. The van der Waals surface area contributed by atoms with E-state index in [-0.39, 0.29) is 24.1 Å². The Bertz CT molecular complexity index is 1360. The second-order valence-electron chi connectivity index (χ2n) is 10.0. The molecule has 0 saturated carbocycles. The lowest BCUT2D eigenvalue weighted by molar-refractivity contribution is -0.139. The van der Waals surface area contributed by atoms with Crippen LogP contribution in [0, 0.1) is 11.7 Å². The summed E-state index contributed by atoms with van der Waals surface area (Å²) in [4.78, 5) is 27.8. The highest BCUT2D eigenvalue weighted by molar-refractivity contribution is 7.92. The Balaban J connectivity index is 1.80. The lowest BCUT2D eigenvalue weighted by Crippen LogP contribution is -2.51. The summed E-state index contributed by atoms with van der Waals surface area (Å²) in [6, 6.07) is 20.7. The molecule has 0 saturated heterocycles. The van der Waals surface area contributed by atoms with Crippen LogP contribution in [0.15, 0.2) is 78.9 Å². The number of nitrogens with one attached hydrogen (secondary N) is 1. The largest absolute Gasteiger partial charge is 0.489 e. The zero-order chi connectivity index (χ0) is 29.3. The standard InChI is InChI=1S/C30H36FN3O5S/c1-22(2)18-32-30(36)23(3)33(19-24-10-12-26(31)13-11-24)29(35)20-34(40(4,37)38)27-14-16-28(17-15-27)39-21-25-8-6-5-7-9-25/h5-17,22-23H,18-21H2,1-4H3,(H,32,36). The predicted octanol–water partition coefficient (Wildman–Crippen LogP) is 4.36. The first kappa shape index (κ1) is 30.6. The van der Waals surface area contributed by atoms with Crippen LogP contribution in [0.5, 0.6) is 5.75 Å². The first-order chi connectivity index (χ1) is 18.9. The minimum absolute atomic E-state index is 0.000750. The van der Waals surface area contributed by atoms with Crippen LogP contribution < -0.4 is 14.4 Å². The van der Waals surface area contributed by atoms with Crippen LogP contribution in [-0.2, 0) is 32.8 Å². The molecule has 0 fully saturated rings. The maximum atomic E-state index is 13.6. The van der Waals surface area contributed by atoms with Gasteiger partial charge in [-0.1, -0.05) is 56.3 Å². The van der Waals surface area contributed by atoms with Gasteiger partial charge in [0.05, 0.1) is 11.9 Å². The highest BCUT2D eigenvalue weighted by atomic mass is 32.2. The van der Waals surface area contributed by atoms with Gasteiger partial charge in [0, 0.05) is 13.1 Å². The summed E-state index contributed by atoms with van der Waals surface area (Å²) >= 11 is 0. The van der Waals surface area contributed by atoms with E-state index in [2.05, 4.69) is 5.32 Å². The molecule has 8 nitrogen and oxygen atoms in total. The zero-order valence-electron chi connectivity index (χ0n) is 23.2. The van der Waals surface area contributed by atoms with Gasteiger partial charge in [0.25, 0.3) is 0 Å². The lowest BCUT2D eigenvalue weighted by atomic mass is 10.1. The molecule has 0 aliphatic rings. The molecule has 0 aliphatic carbocycles. The fourth-order valence-electron chi connectivity index (χ4n) is 3.88. The normalized spacial score (nSPS) is 12.1. The number of benzene rings is 3. The fourth-order valence-corrected chi connectivity index (χ4v) is 4.73. The SMILES string of the molecule is CC(C)CNC(=O)C(C)N(Cc1ccc(F)cc1)C(=O)CN(c1ccc(OCc2ccccc2)cc1)S(C)(=O)=O. The molecule has 40 heavy (non-hydrogen) atoms. The number of halogens is 1. The number of amides is 2. The van der Waals surface area contributed by atoms with E-state index < -0.39 is 34.3 Å². The van der Waals surface area contributed by atoms with E-state index in [4.69, 9.17) is 4.74 Å². The van der Waals surface area contributed by atoms with Crippen molar-refractivity contribution in [2.75, 3.05) is 23.7 Å². The van der Waals surface area contributed by atoms with E-state index in [1.54, 1.807) is 31.2 Å². The molecule has 0 heterocycles. The molecule has 3 aromatic rings. The first-order valence-corrected chi connectivity index (χ1v) is 14.8. The molecule has 0 radical (unpaired) electrons. The Labute approximate surface area is 235 Å². The average Bonchev–Trinajstić information content (AvgIpc) is 2.93. The van der Waals surface area contributed by atoms with Crippen LogP contribution in [0.25, 0.3) is 0 Å². The van der Waals surface area contributed by atoms with E-state index in [0.717, 1.165) is 16.1 Å². The molecule has 0 bridgehead atoms. The Kier molecular flexibility index (Phi) is 10.7. The van der Waals surface area contributed by atoms with Crippen molar-refractivity contribution in [3.63, 3.8) is 0 Å². The van der Waals surface area contributed by atoms with E-state index in [0.29, 0.717) is 24.5 Å². The molecule has 0 spiro atoms. The summed E-state index contributed by atoms with van der Waals surface area (Å²) in [7, 11) is -3.87. The van der Waals surface area contributed by atoms with Crippen molar-refractivity contribution in [1.29, 1.82) is 0 Å². The van der Waals surface area contributed by atoms with Gasteiger partial charge in [-0.3, -0.25) is 13.9 Å². The van der Waals surface area contributed by atoms with Crippen LogP contribution in [0.2, 0.25) is 0 Å². The summed E-state index contributed by atoms with van der Waals surface area (Å²) in [5, 5.41) is 2.82. The highest BCUT2D eigenvalue weighted by Crippen LogP contribution is 2.23. The summed E-state index contributed by atoms with van der Waals surface area (Å²) in [5.41, 5.74) is 1.87. The fraction of sp³-hybridized carbons (Fsp3) is 0.333. The van der Waals surface area contributed by atoms with Gasteiger partial charge in [-0.25, -0.2) is 12.8 Å². The van der Waals surface area contributed by atoms with E-state index in [1.807, 2.05) is 44.2 Å². The number of carbonyl (C=O) groups excluding carboxylic acids is 2. The molecule has 3 rings (SSSR count). The van der Waals surface area contributed by atoms with Crippen LogP contribution in [0.1, 0.15) is 31.9 Å². The number of carbonyl (C=O) groups is 2. The molecular weight excluding hydrogens is 533 g/mol. The first-order valence-electron chi connectivity index (χ1n) is 13.0. The highest BCUT2D eigenvalue weighted by Gasteiger charge is 2.30. The topological polar surface area (TPSA) is 96.0 Å². The van der Waals surface area contributed by atoms with Crippen molar-refractivity contribution in [3.8, 4) is 5.75 Å². The quantitative estimate of drug-likeness (QED) is 0.330. The van der Waals surface area contributed by atoms with Crippen LogP contribution >= 0.6 is 0 Å². The van der Waals surface area contributed by atoms with Gasteiger partial charge >= 0.3 is 0 Å². The number of sulfonamides is 1.